The second-order valence-corrected chi connectivity index (χ2v) is 17.0. The van der Waals surface area contributed by atoms with Gasteiger partial charge in [-0.25, -0.2) is 0 Å². The molecule has 0 spiro atoms. The maximum atomic E-state index is 10.0. The van der Waals surface area contributed by atoms with Crippen molar-refractivity contribution in [3.63, 3.8) is 0 Å². The van der Waals surface area contributed by atoms with E-state index in [4.69, 9.17) is 4.43 Å². The van der Waals surface area contributed by atoms with Crippen molar-refractivity contribution in [2.24, 2.45) is 23.2 Å². The predicted octanol–water partition coefficient (Wildman–Crippen LogP) is 7.17. The Morgan fingerprint density at radius 1 is 1.11 bits per heavy atom. The van der Waals surface area contributed by atoms with Crippen LogP contribution in [0.5, 0.6) is 0 Å². The fourth-order valence-corrected chi connectivity index (χ4v) is 7.24. The van der Waals surface area contributed by atoms with Crippen molar-refractivity contribution in [3.05, 3.63) is 0 Å². The van der Waals surface area contributed by atoms with Crippen LogP contribution >= 0.6 is 0 Å². The Hall–Kier alpha value is 0.137. The third-order valence-electron chi connectivity index (χ3n) is 8.52. The zero-order valence-corrected chi connectivity index (χ0v) is 20.8. The van der Waals surface area contributed by atoms with Gasteiger partial charge in [-0.2, -0.15) is 0 Å². The van der Waals surface area contributed by atoms with E-state index in [0.717, 1.165) is 30.6 Å². The van der Waals surface area contributed by atoms with Gasteiger partial charge >= 0.3 is 0 Å². The van der Waals surface area contributed by atoms with Gasteiger partial charge < -0.3 is 9.53 Å². The number of fused-ring (bicyclic) bond motifs is 1. The van der Waals surface area contributed by atoms with Crippen LogP contribution in [-0.2, 0) is 4.43 Å². The van der Waals surface area contributed by atoms with Crippen LogP contribution in [0.2, 0.25) is 18.1 Å². The van der Waals surface area contributed by atoms with Crippen LogP contribution in [0.3, 0.4) is 0 Å². The molecule has 2 aliphatic rings. The summed E-state index contributed by atoms with van der Waals surface area (Å²) in [4.78, 5) is 0. The van der Waals surface area contributed by atoms with E-state index in [1.54, 1.807) is 0 Å². The Morgan fingerprint density at radius 3 is 2.30 bits per heavy atom. The molecule has 0 aromatic heterocycles. The summed E-state index contributed by atoms with van der Waals surface area (Å²) < 4.78 is 6.98. The minimum Gasteiger partial charge on any atom is -0.414 e. The standard InChI is InChI=1S/C24H48O2Si/c1-18(12-10-16-23(5,6)25)19-14-15-20-21(13-11-17-24(19,20)7)26-27(8,9)22(2,3)4/h18-21,25H,10-17H2,1-9H3/t18-,19-,20+,21?,24-/m1/s1. The van der Waals surface area contributed by atoms with Gasteiger partial charge in [0, 0.05) is 6.10 Å². The summed E-state index contributed by atoms with van der Waals surface area (Å²) in [5, 5.41) is 10.3. The average molecular weight is 397 g/mol. The second-order valence-electron chi connectivity index (χ2n) is 12.3. The van der Waals surface area contributed by atoms with Crippen molar-refractivity contribution in [1.29, 1.82) is 0 Å². The average Bonchev–Trinajstić information content (AvgIpc) is 2.82. The van der Waals surface area contributed by atoms with Gasteiger partial charge in [0.15, 0.2) is 8.32 Å². The normalized spacial score (nSPS) is 33.8. The number of aliphatic hydroxyl groups is 1. The van der Waals surface area contributed by atoms with Crippen LogP contribution in [0.15, 0.2) is 0 Å². The molecule has 5 atom stereocenters. The van der Waals surface area contributed by atoms with E-state index in [-0.39, 0.29) is 0 Å². The highest BCUT2D eigenvalue weighted by molar-refractivity contribution is 6.74. The minimum atomic E-state index is -1.70. The van der Waals surface area contributed by atoms with Crippen LogP contribution in [-0.4, -0.2) is 25.1 Å². The maximum Gasteiger partial charge on any atom is 0.192 e. The van der Waals surface area contributed by atoms with Gasteiger partial charge in [-0.15, -0.1) is 0 Å². The first-order valence-corrected chi connectivity index (χ1v) is 14.5. The Bertz CT molecular complexity index is 488. The SMILES string of the molecule is C[C@H](CCCC(C)(C)O)[C@H]1CC[C@H]2C(O[Si](C)(C)C(C)(C)C)CCC[C@]12C. The molecular formula is C24H48O2Si. The molecule has 0 saturated heterocycles. The molecule has 160 valence electrons. The zero-order chi connectivity index (χ0) is 20.7. The first-order chi connectivity index (χ1) is 12.2. The number of rotatable bonds is 7. The lowest BCUT2D eigenvalue weighted by atomic mass is 9.61. The van der Waals surface area contributed by atoms with Gasteiger partial charge in [0.25, 0.3) is 0 Å². The summed E-state index contributed by atoms with van der Waals surface area (Å²) in [6, 6.07) is 0. The Balaban J connectivity index is 2.04. The Morgan fingerprint density at radius 2 is 1.74 bits per heavy atom. The largest absolute Gasteiger partial charge is 0.414 e. The highest BCUT2D eigenvalue weighted by Crippen LogP contribution is 2.59. The van der Waals surface area contributed by atoms with Crippen LogP contribution < -0.4 is 0 Å². The molecule has 3 heteroatoms. The molecular weight excluding hydrogens is 348 g/mol. The zero-order valence-electron chi connectivity index (χ0n) is 19.8. The molecule has 2 aliphatic carbocycles. The molecule has 0 heterocycles. The van der Waals surface area contributed by atoms with Gasteiger partial charge in [0.2, 0.25) is 0 Å². The second kappa shape index (κ2) is 8.11. The molecule has 27 heavy (non-hydrogen) atoms. The van der Waals surface area contributed by atoms with E-state index < -0.39 is 13.9 Å². The van der Waals surface area contributed by atoms with E-state index in [1.165, 1.54) is 38.5 Å². The molecule has 2 fully saturated rings. The first kappa shape index (κ1) is 23.4. The van der Waals surface area contributed by atoms with Crippen LogP contribution in [0, 0.1) is 23.2 Å². The molecule has 0 bridgehead atoms. The molecule has 0 aromatic carbocycles. The van der Waals surface area contributed by atoms with Crippen molar-refractivity contribution in [2.75, 3.05) is 0 Å². The summed E-state index contributed by atoms with van der Waals surface area (Å²) in [5.74, 6) is 2.34. The molecule has 0 aromatic rings. The molecule has 1 unspecified atom stereocenters. The predicted molar refractivity (Wildman–Crippen MR) is 120 cm³/mol. The lowest BCUT2D eigenvalue weighted by molar-refractivity contribution is -0.0219. The van der Waals surface area contributed by atoms with Crippen molar-refractivity contribution in [3.8, 4) is 0 Å². The van der Waals surface area contributed by atoms with Gasteiger partial charge in [0.05, 0.1) is 5.60 Å². The van der Waals surface area contributed by atoms with Crippen molar-refractivity contribution >= 4 is 8.32 Å². The number of hydrogen-bond donors (Lipinski definition) is 1. The molecule has 2 rings (SSSR count). The highest BCUT2D eigenvalue weighted by Gasteiger charge is 2.54. The van der Waals surface area contributed by atoms with E-state index in [2.05, 4.69) is 47.7 Å². The Kier molecular flexibility index (Phi) is 7.03. The van der Waals surface area contributed by atoms with E-state index in [9.17, 15) is 5.11 Å². The summed E-state index contributed by atoms with van der Waals surface area (Å²) in [6.45, 7) is 20.9. The third-order valence-corrected chi connectivity index (χ3v) is 13.0. The summed E-state index contributed by atoms with van der Waals surface area (Å²) >= 11 is 0. The monoisotopic (exact) mass is 396 g/mol. The molecule has 0 aliphatic heterocycles. The topological polar surface area (TPSA) is 29.5 Å². The lowest BCUT2D eigenvalue weighted by Gasteiger charge is -2.50. The van der Waals surface area contributed by atoms with Gasteiger partial charge in [-0.1, -0.05) is 53.9 Å². The fraction of sp³-hybridized carbons (Fsp3) is 1.00. The molecule has 0 radical (unpaired) electrons. The van der Waals surface area contributed by atoms with Gasteiger partial charge in [0.1, 0.15) is 0 Å². The summed E-state index contributed by atoms with van der Waals surface area (Å²) in [5.41, 5.74) is -0.0613. The van der Waals surface area contributed by atoms with Crippen molar-refractivity contribution in [2.45, 2.75) is 130 Å². The third kappa shape index (κ3) is 5.39. The molecule has 2 saturated carbocycles. The quantitative estimate of drug-likeness (QED) is 0.462. The maximum absolute atomic E-state index is 10.0. The van der Waals surface area contributed by atoms with E-state index >= 15 is 0 Å². The smallest absolute Gasteiger partial charge is 0.192 e. The summed E-state index contributed by atoms with van der Waals surface area (Å²) in [6.07, 6.45) is 10.5. The van der Waals surface area contributed by atoms with Gasteiger partial charge in [-0.05, 0) is 87.3 Å². The van der Waals surface area contributed by atoms with E-state index in [1.807, 2.05) is 13.8 Å². The molecule has 1 N–H and O–H groups in total. The van der Waals surface area contributed by atoms with Crippen LogP contribution in [0.4, 0.5) is 0 Å². The molecule has 2 nitrogen and oxygen atoms in total. The highest BCUT2D eigenvalue weighted by atomic mass is 28.4. The first-order valence-electron chi connectivity index (χ1n) is 11.6. The summed E-state index contributed by atoms with van der Waals surface area (Å²) in [7, 11) is -1.70. The Labute approximate surface area is 171 Å². The van der Waals surface area contributed by atoms with Crippen LogP contribution in [0.1, 0.15) is 99.8 Å². The van der Waals surface area contributed by atoms with Crippen LogP contribution in [0.25, 0.3) is 0 Å². The number of hydrogen-bond acceptors (Lipinski definition) is 2. The fourth-order valence-electron chi connectivity index (χ4n) is 5.85. The van der Waals surface area contributed by atoms with Gasteiger partial charge in [-0.3, -0.25) is 0 Å². The minimum absolute atomic E-state index is 0.295. The van der Waals surface area contributed by atoms with Crippen molar-refractivity contribution in [1.82, 2.24) is 0 Å². The molecule has 0 amide bonds. The van der Waals surface area contributed by atoms with E-state index in [0.29, 0.717) is 16.6 Å². The van der Waals surface area contributed by atoms with Crippen molar-refractivity contribution < 1.29 is 9.53 Å². The lowest BCUT2D eigenvalue weighted by Crippen LogP contribution is -2.50.